The van der Waals surface area contributed by atoms with Gasteiger partial charge in [-0.1, -0.05) is 6.42 Å². The number of carbonyl (C=O) groups excluding carboxylic acids is 1. The van der Waals surface area contributed by atoms with E-state index in [1.54, 1.807) is 23.1 Å². The Morgan fingerprint density at radius 1 is 1.27 bits per heavy atom. The predicted octanol–water partition coefficient (Wildman–Crippen LogP) is 1.30. The summed E-state index contributed by atoms with van der Waals surface area (Å²) in [7, 11) is -1.50. The van der Waals surface area contributed by atoms with Crippen molar-refractivity contribution >= 4 is 21.7 Å². The van der Waals surface area contributed by atoms with Gasteiger partial charge in [0.1, 0.15) is 11.6 Å². The van der Waals surface area contributed by atoms with Gasteiger partial charge in [-0.15, -0.1) is 0 Å². The summed E-state index contributed by atoms with van der Waals surface area (Å²) in [5, 5.41) is 3.12. The fourth-order valence-corrected chi connectivity index (χ4v) is 5.06. The van der Waals surface area contributed by atoms with Gasteiger partial charge in [0.25, 0.3) is 0 Å². The summed E-state index contributed by atoms with van der Waals surface area (Å²) in [6.07, 6.45) is 3.23. The first kappa shape index (κ1) is 19.0. The maximum absolute atomic E-state index is 12.5. The van der Waals surface area contributed by atoms with Gasteiger partial charge in [-0.2, -0.15) is 4.31 Å². The van der Waals surface area contributed by atoms with Crippen LogP contribution in [0.15, 0.2) is 0 Å². The fourth-order valence-electron chi connectivity index (χ4n) is 3.74. The van der Waals surface area contributed by atoms with Crippen LogP contribution in [0.1, 0.15) is 56.2 Å². The number of fused-ring (bicyclic) bond motifs is 1. The molecule has 3 rings (SSSR count). The van der Waals surface area contributed by atoms with Gasteiger partial charge in [-0.05, 0) is 26.2 Å². The van der Waals surface area contributed by atoms with Gasteiger partial charge < -0.3 is 10.2 Å². The number of nitrogens with one attached hydrogen (secondary N) is 1. The zero-order valence-corrected chi connectivity index (χ0v) is 16.5. The average Bonchev–Trinajstić information content (AvgIpc) is 2.66. The molecule has 2 aliphatic rings. The van der Waals surface area contributed by atoms with Crippen LogP contribution in [0.25, 0.3) is 0 Å². The van der Waals surface area contributed by atoms with Crippen molar-refractivity contribution in [1.82, 2.24) is 19.2 Å². The minimum Gasteiger partial charge on any atom is -0.373 e. The molecule has 0 saturated carbocycles. The van der Waals surface area contributed by atoms with Crippen molar-refractivity contribution in [2.24, 2.45) is 0 Å². The smallest absolute Gasteiger partial charge is 0.219 e. The molecule has 0 aromatic carbocycles. The minimum atomic E-state index is -3.32. The van der Waals surface area contributed by atoms with Crippen LogP contribution in [0, 0.1) is 0 Å². The summed E-state index contributed by atoms with van der Waals surface area (Å²) in [6, 6.07) is -0.334. The van der Waals surface area contributed by atoms with Gasteiger partial charge in [0.15, 0.2) is 0 Å². The zero-order valence-electron chi connectivity index (χ0n) is 15.7. The first-order valence-corrected chi connectivity index (χ1v) is 10.8. The summed E-state index contributed by atoms with van der Waals surface area (Å²) in [5.74, 6) is 1.38. The molecule has 26 heavy (non-hydrogen) atoms. The molecular weight excluding hydrogens is 354 g/mol. The number of rotatable bonds is 4. The average molecular weight is 382 g/mol. The third kappa shape index (κ3) is 3.55. The number of aromatic nitrogens is 2. The quantitative estimate of drug-likeness (QED) is 0.845. The Balaban J connectivity index is 2.02. The van der Waals surface area contributed by atoms with Crippen LogP contribution in [0.5, 0.6) is 0 Å². The van der Waals surface area contributed by atoms with Crippen molar-refractivity contribution in [3.8, 4) is 0 Å². The number of nitrogens with zero attached hydrogens (tertiary/aromatic N) is 4. The van der Waals surface area contributed by atoms with Crippen LogP contribution in [0.2, 0.25) is 0 Å². The number of hydrogen-bond acceptors (Lipinski definition) is 6. The lowest BCUT2D eigenvalue weighted by Crippen LogP contribution is -2.41. The van der Waals surface area contributed by atoms with E-state index in [0.29, 0.717) is 31.9 Å². The molecule has 9 heteroatoms. The SMILES string of the molecule is CCS(=O)(=O)N1CCCCC1c1nc2c(c(NC)n1)CCN(C(C)=O)C2. The largest absolute Gasteiger partial charge is 0.373 e. The highest BCUT2D eigenvalue weighted by Gasteiger charge is 2.35. The molecule has 8 nitrogen and oxygen atoms in total. The third-order valence-corrected chi connectivity index (χ3v) is 7.12. The number of sulfonamides is 1. The fraction of sp³-hybridized carbons (Fsp3) is 0.706. The molecule has 0 radical (unpaired) electrons. The van der Waals surface area contributed by atoms with Crippen molar-refractivity contribution in [2.45, 2.75) is 52.1 Å². The highest BCUT2D eigenvalue weighted by atomic mass is 32.2. The van der Waals surface area contributed by atoms with Gasteiger partial charge in [-0.25, -0.2) is 18.4 Å². The van der Waals surface area contributed by atoms with Gasteiger partial charge in [0.05, 0.1) is 24.0 Å². The van der Waals surface area contributed by atoms with Crippen LogP contribution < -0.4 is 5.32 Å². The zero-order chi connectivity index (χ0) is 18.9. The summed E-state index contributed by atoms with van der Waals surface area (Å²) in [4.78, 5) is 22.9. The summed E-state index contributed by atoms with van der Waals surface area (Å²) >= 11 is 0. The maximum Gasteiger partial charge on any atom is 0.219 e. The summed E-state index contributed by atoms with van der Waals surface area (Å²) in [6.45, 7) is 4.83. The Hall–Kier alpha value is -1.74. The first-order chi connectivity index (χ1) is 12.4. The molecule has 2 aliphatic heterocycles. The molecule has 1 N–H and O–H groups in total. The van der Waals surface area contributed by atoms with E-state index in [2.05, 4.69) is 10.3 Å². The molecule has 144 valence electrons. The van der Waals surface area contributed by atoms with E-state index in [1.165, 1.54) is 0 Å². The van der Waals surface area contributed by atoms with E-state index < -0.39 is 10.0 Å². The molecule has 3 heterocycles. The highest BCUT2D eigenvalue weighted by molar-refractivity contribution is 7.89. The van der Waals surface area contributed by atoms with Crippen molar-refractivity contribution in [3.05, 3.63) is 17.1 Å². The van der Waals surface area contributed by atoms with Crippen LogP contribution in [0.4, 0.5) is 5.82 Å². The van der Waals surface area contributed by atoms with Crippen molar-refractivity contribution < 1.29 is 13.2 Å². The normalized spacial score (nSPS) is 21.3. The molecule has 1 atom stereocenters. The van der Waals surface area contributed by atoms with Crippen LogP contribution in [-0.4, -0.2) is 59.4 Å². The molecule has 0 aliphatic carbocycles. The van der Waals surface area contributed by atoms with Gasteiger partial charge in [0, 0.05) is 32.6 Å². The minimum absolute atomic E-state index is 0.0228. The number of anilines is 1. The molecule has 1 fully saturated rings. The lowest BCUT2D eigenvalue weighted by Gasteiger charge is -2.35. The maximum atomic E-state index is 12.5. The molecule has 0 bridgehead atoms. The van der Waals surface area contributed by atoms with E-state index in [0.717, 1.165) is 36.3 Å². The first-order valence-electron chi connectivity index (χ1n) is 9.19. The second kappa shape index (κ2) is 7.48. The molecular formula is C17H27N5O3S. The lowest BCUT2D eigenvalue weighted by molar-refractivity contribution is -0.129. The monoisotopic (exact) mass is 381 g/mol. The molecule has 1 amide bonds. The van der Waals surface area contributed by atoms with Crippen molar-refractivity contribution in [1.29, 1.82) is 0 Å². The Bertz CT molecular complexity index is 796. The van der Waals surface area contributed by atoms with E-state index in [1.807, 2.05) is 7.05 Å². The second-order valence-electron chi connectivity index (χ2n) is 6.82. The Morgan fingerprint density at radius 2 is 2.04 bits per heavy atom. The lowest BCUT2D eigenvalue weighted by atomic mass is 10.0. The number of piperidine rings is 1. The number of carbonyl (C=O) groups is 1. The molecule has 1 unspecified atom stereocenters. The number of hydrogen-bond donors (Lipinski definition) is 1. The van der Waals surface area contributed by atoms with Crippen molar-refractivity contribution in [2.75, 3.05) is 31.2 Å². The predicted molar refractivity (Wildman–Crippen MR) is 99.1 cm³/mol. The van der Waals surface area contributed by atoms with Crippen LogP contribution >= 0.6 is 0 Å². The Morgan fingerprint density at radius 3 is 2.69 bits per heavy atom. The topological polar surface area (TPSA) is 95.5 Å². The van der Waals surface area contributed by atoms with Crippen LogP contribution in [0.3, 0.4) is 0 Å². The summed E-state index contributed by atoms with van der Waals surface area (Å²) in [5.41, 5.74) is 1.84. The highest BCUT2D eigenvalue weighted by Crippen LogP contribution is 2.34. The molecule has 1 saturated heterocycles. The third-order valence-electron chi connectivity index (χ3n) is 5.24. The van der Waals surface area contributed by atoms with E-state index in [4.69, 9.17) is 4.98 Å². The second-order valence-corrected chi connectivity index (χ2v) is 9.03. The molecule has 0 spiro atoms. The van der Waals surface area contributed by atoms with Gasteiger partial charge in [0.2, 0.25) is 15.9 Å². The van der Waals surface area contributed by atoms with E-state index >= 15 is 0 Å². The standard InChI is InChI=1S/C17H27N5O3S/c1-4-26(24,25)22-9-6-5-7-15(22)17-19-14-11-21(12(2)23)10-8-13(14)16(18-3)20-17/h15H,4-11H2,1-3H3,(H,18,19,20). The Kier molecular flexibility index (Phi) is 5.47. The van der Waals surface area contributed by atoms with Gasteiger partial charge >= 0.3 is 0 Å². The van der Waals surface area contributed by atoms with Crippen LogP contribution in [-0.2, 0) is 27.8 Å². The number of amides is 1. The van der Waals surface area contributed by atoms with E-state index in [-0.39, 0.29) is 17.7 Å². The molecule has 1 aromatic heterocycles. The summed E-state index contributed by atoms with van der Waals surface area (Å²) < 4.78 is 26.6. The van der Waals surface area contributed by atoms with Crippen molar-refractivity contribution in [3.63, 3.8) is 0 Å². The molecule has 1 aromatic rings. The van der Waals surface area contributed by atoms with Gasteiger partial charge in [-0.3, -0.25) is 4.79 Å². The van der Waals surface area contributed by atoms with E-state index in [9.17, 15) is 13.2 Å². The Labute approximate surface area is 155 Å².